The van der Waals surface area contributed by atoms with E-state index in [0.717, 1.165) is 29.1 Å². The highest BCUT2D eigenvalue weighted by Crippen LogP contribution is 2.19. The molecule has 1 aromatic rings. The second kappa shape index (κ2) is 6.37. The summed E-state index contributed by atoms with van der Waals surface area (Å²) < 4.78 is 1.13. The molecule has 5 heteroatoms. The third-order valence-corrected chi connectivity index (χ3v) is 3.57. The molecule has 2 nitrogen and oxygen atoms in total. The molecule has 0 radical (unpaired) electrons. The predicted octanol–water partition coefficient (Wildman–Crippen LogP) is 2.88. The van der Waals surface area contributed by atoms with Gasteiger partial charge in [0.25, 0.3) is 0 Å². The lowest BCUT2D eigenvalue weighted by atomic mass is 10.4. The summed E-state index contributed by atoms with van der Waals surface area (Å²) in [5.41, 5.74) is 0. The molecule has 0 aliphatic heterocycles. The van der Waals surface area contributed by atoms with Gasteiger partial charge in [0.2, 0.25) is 0 Å². The van der Waals surface area contributed by atoms with Gasteiger partial charge in [-0.05, 0) is 40.6 Å². The lowest BCUT2D eigenvalue weighted by Gasteiger charge is -2.07. The van der Waals surface area contributed by atoms with Gasteiger partial charge in [-0.3, -0.25) is 0 Å². The fourth-order valence-corrected chi connectivity index (χ4v) is 2.48. The third-order valence-electron chi connectivity index (χ3n) is 1.58. The molecular weight excluding hydrogens is 280 g/mol. The molecule has 0 unspecified atom stereocenters. The minimum atomic E-state index is 0.733. The maximum absolute atomic E-state index is 5.10. The van der Waals surface area contributed by atoms with Crippen molar-refractivity contribution in [1.82, 2.24) is 10.6 Å². The van der Waals surface area contributed by atoms with Gasteiger partial charge in [-0.25, -0.2) is 0 Å². The molecule has 14 heavy (non-hydrogen) atoms. The first-order chi connectivity index (χ1) is 6.72. The standard InChI is InChI=1S/C9H13BrN2S2/c1-2-3-11-9(13)12-5-8-4-7(10)6-14-8/h4,6H,2-3,5H2,1H3,(H2,11,12,13). The molecule has 0 atom stereocenters. The van der Waals surface area contributed by atoms with Crippen molar-refractivity contribution in [2.45, 2.75) is 19.9 Å². The minimum Gasteiger partial charge on any atom is -0.363 e. The second-order valence-electron chi connectivity index (χ2n) is 2.84. The average molecular weight is 293 g/mol. The number of hydrogen-bond acceptors (Lipinski definition) is 2. The van der Waals surface area contributed by atoms with Gasteiger partial charge >= 0.3 is 0 Å². The fraction of sp³-hybridized carbons (Fsp3) is 0.444. The van der Waals surface area contributed by atoms with Crippen molar-refractivity contribution < 1.29 is 0 Å². The summed E-state index contributed by atoms with van der Waals surface area (Å²) in [5.74, 6) is 0. The van der Waals surface area contributed by atoms with E-state index in [1.807, 2.05) is 0 Å². The van der Waals surface area contributed by atoms with Crippen molar-refractivity contribution in [3.05, 3.63) is 20.8 Å². The van der Waals surface area contributed by atoms with Crippen LogP contribution in [0, 0.1) is 0 Å². The zero-order valence-corrected chi connectivity index (χ0v) is 11.2. The highest BCUT2D eigenvalue weighted by molar-refractivity contribution is 9.10. The van der Waals surface area contributed by atoms with Gasteiger partial charge in [-0.15, -0.1) is 11.3 Å². The Labute approximate surface area is 102 Å². The molecular formula is C9H13BrN2S2. The van der Waals surface area contributed by atoms with Crippen molar-refractivity contribution in [2.24, 2.45) is 0 Å². The normalized spacial score (nSPS) is 9.86. The number of thiophene rings is 1. The summed E-state index contributed by atoms with van der Waals surface area (Å²) >= 11 is 10.2. The number of nitrogens with one attached hydrogen (secondary N) is 2. The first kappa shape index (κ1) is 11.9. The van der Waals surface area contributed by atoms with Gasteiger partial charge in [0, 0.05) is 21.3 Å². The second-order valence-corrected chi connectivity index (χ2v) is 5.16. The van der Waals surface area contributed by atoms with Crippen LogP contribution in [0.3, 0.4) is 0 Å². The molecule has 0 spiro atoms. The van der Waals surface area contributed by atoms with E-state index < -0.39 is 0 Å². The molecule has 0 aromatic carbocycles. The van der Waals surface area contributed by atoms with Crippen molar-refractivity contribution in [3.63, 3.8) is 0 Å². The molecule has 1 aromatic heterocycles. The largest absolute Gasteiger partial charge is 0.363 e. The molecule has 0 fully saturated rings. The topological polar surface area (TPSA) is 24.1 Å². The van der Waals surface area contributed by atoms with Crippen LogP contribution < -0.4 is 10.6 Å². The van der Waals surface area contributed by atoms with E-state index in [1.54, 1.807) is 11.3 Å². The fourth-order valence-electron chi connectivity index (χ4n) is 0.915. The summed E-state index contributed by atoms with van der Waals surface area (Å²) in [6.45, 7) is 3.85. The molecule has 2 N–H and O–H groups in total. The Kier molecular flexibility index (Phi) is 5.44. The maximum Gasteiger partial charge on any atom is 0.166 e. The highest BCUT2D eigenvalue weighted by atomic mass is 79.9. The van der Waals surface area contributed by atoms with Crippen LogP contribution in [0.1, 0.15) is 18.2 Å². The number of rotatable bonds is 4. The van der Waals surface area contributed by atoms with Crippen molar-refractivity contribution in [3.8, 4) is 0 Å². The van der Waals surface area contributed by atoms with E-state index in [1.165, 1.54) is 4.88 Å². The number of thiocarbonyl (C=S) groups is 1. The predicted molar refractivity (Wildman–Crippen MR) is 69.8 cm³/mol. The monoisotopic (exact) mass is 292 g/mol. The smallest absolute Gasteiger partial charge is 0.166 e. The molecule has 0 saturated carbocycles. The zero-order chi connectivity index (χ0) is 10.4. The summed E-state index contributed by atoms with van der Waals surface area (Å²) in [5, 5.41) is 9.08. The minimum absolute atomic E-state index is 0.733. The van der Waals surface area contributed by atoms with Gasteiger partial charge < -0.3 is 10.6 Å². The van der Waals surface area contributed by atoms with Gasteiger partial charge in [0.15, 0.2) is 5.11 Å². The van der Waals surface area contributed by atoms with Gasteiger partial charge in [-0.1, -0.05) is 6.92 Å². The highest BCUT2D eigenvalue weighted by Gasteiger charge is 1.98. The Hall–Kier alpha value is -0.130. The summed E-state index contributed by atoms with van der Waals surface area (Å²) in [6.07, 6.45) is 1.09. The van der Waals surface area contributed by atoms with Crippen LogP contribution in [0.2, 0.25) is 0 Å². The quantitative estimate of drug-likeness (QED) is 0.835. The Morgan fingerprint density at radius 3 is 2.93 bits per heavy atom. The lowest BCUT2D eigenvalue weighted by Crippen LogP contribution is -2.34. The first-order valence-electron chi connectivity index (χ1n) is 4.47. The first-order valence-corrected chi connectivity index (χ1v) is 6.55. The molecule has 0 aliphatic rings. The molecule has 1 rings (SSSR count). The maximum atomic E-state index is 5.10. The van der Waals surface area contributed by atoms with E-state index in [2.05, 4.69) is 44.9 Å². The summed E-state index contributed by atoms with van der Waals surface area (Å²) in [6, 6.07) is 2.10. The van der Waals surface area contributed by atoms with Crippen LogP contribution in [-0.4, -0.2) is 11.7 Å². The van der Waals surface area contributed by atoms with Crippen LogP contribution in [-0.2, 0) is 6.54 Å². The Morgan fingerprint density at radius 2 is 2.36 bits per heavy atom. The molecule has 78 valence electrons. The zero-order valence-electron chi connectivity index (χ0n) is 7.97. The molecule has 1 heterocycles. The van der Waals surface area contributed by atoms with Crippen molar-refractivity contribution in [2.75, 3.05) is 6.54 Å². The van der Waals surface area contributed by atoms with E-state index >= 15 is 0 Å². The molecule has 0 aliphatic carbocycles. The Balaban J connectivity index is 2.23. The van der Waals surface area contributed by atoms with Crippen LogP contribution in [0.15, 0.2) is 15.9 Å². The summed E-state index contributed by atoms with van der Waals surface area (Å²) in [7, 11) is 0. The SMILES string of the molecule is CCCNC(=S)NCc1cc(Br)cs1. The molecule has 0 saturated heterocycles. The van der Waals surface area contributed by atoms with Crippen LogP contribution in [0.5, 0.6) is 0 Å². The van der Waals surface area contributed by atoms with Crippen LogP contribution in [0.25, 0.3) is 0 Å². The van der Waals surface area contributed by atoms with Crippen LogP contribution in [0.4, 0.5) is 0 Å². The number of hydrogen-bond donors (Lipinski definition) is 2. The van der Waals surface area contributed by atoms with Gasteiger partial charge in [0.05, 0.1) is 6.54 Å². The molecule has 0 amide bonds. The van der Waals surface area contributed by atoms with Crippen LogP contribution >= 0.6 is 39.5 Å². The van der Waals surface area contributed by atoms with Gasteiger partial charge in [-0.2, -0.15) is 0 Å². The van der Waals surface area contributed by atoms with E-state index in [4.69, 9.17) is 12.2 Å². The Morgan fingerprint density at radius 1 is 1.57 bits per heavy atom. The third kappa shape index (κ3) is 4.39. The number of halogens is 1. The van der Waals surface area contributed by atoms with Crippen molar-refractivity contribution >= 4 is 44.6 Å². The van der Waals surface area contributed by atoms with E-state index in [-0.39, 0.29) is 0 Å². The van der Waals surface area contributed by atoms with Crippen molar-refractivity contribution in [1.29, 1.82) is 0 Å². The van der Waals surface area contributed by atoms with E-state index in [9.17, 15) is 0 Å². The van der Waals surface area contributed by atoms with E-state index in [0.29, 0.717) is 0 Å². The lowest BCUT2D eigenvalue weighted by molar-refractivity contribution is 0.803. The molecule has 0 bridgehead atoms. The summed E-state index contributed by atoms with van der Waals surface area (Å²) in [4.78, 5) is 1.28. The van der Waals surface area contributed by atoms with Gasteiger partial charge in [0.1, 0.15) is 0 Å². The Bertz CT molecular complexity index is 299. The average Bonchev–Trinajstić information content (AvgIpc) is 2.58.